The zero-order chi connectivity index (χ0) is 38.5. The maximum Gasteiger partial charge on any atom is 0.326 e. The van der Waals surface area contributed by atoms with E-state index in [1.165, 1.54) is 18.3 Å². The maximum atomic E-state index is 12.8. The second-order valence-corrected chi connectivity index (χ2v) is 12.2. The van der Waals surface area contributed by atoms with E-state index in [4.69, 9.17) is 19.9 Å². The second-order valence-electron chi connectivity index (χ2n) is 12.2. The minimum absolute atomic E-state index is 0.000789. The molecule has 4 rings (SSSR count). The molecule has 0 radical (unpaired) electrons. The predicted octanol–water partition coefficient (Wildman–Crippen LogP) is 1.20. The number of hydrogen-bond acceptors (Lipinski definition) is 15. The lowest BCUT2D eigenvalue weighted by Gasteiger charge is -2.25. The highest BCUT2D eigenvalue weighted by molar-refractivity contribution is 6.12. The summed E-state index contributed by atoms with van der Waals surface area (Å²) in [4.78, 5) is 99.5. The number of rotatable bonds is 21. The average molecular weight is 737 g/mol. The Bertz CT molecular complexity index is 1910. The van der Waals surface area contributed by atoms with Gasteiger partial charge in [-0.25, -0.2) is 19.7 Å². The molecule has 6 N–H and O–H groups in total. The van der Waals surface area contributed by atoms with Crippen LogP contribution in [0.15, 0.2) is 47.4 Å². The first-order valence-corrected chi connectivity index (χ1v) is 16.6. The minimum atomic E-state index is -1.29. The smallest absolute Gasteiger partial charge is 0.326 e. The number of aromatic amines is 1. The summed E-state index contributed by atoms with van der Waals surface area (Å²) in [5.41, 5.74) is 6.46. The Morgan fingerprint density at radius 2 is 1.62 bits per heavy atom. The molecule has 0 saturated carbocycles. The van der Waals surface area contributed by atoms with Crippen LogP contribution in [0.4, 0.5) is 11.6 Å². The van der Waals surface area contributed by atoms with E-state index in [9.17, 15) is 38.7 Å². The summed E-state index contributed by atoms with van der Waals surface area (Å²) in [5, 5.41) is 15.2. The fraction of sp³-hybridized carbons (Fsp3) is 0.412. The van der Waals surface area contributed by atoms with Crippen LogP contribution in [0.3, 0.4) is 0 Å². The molecular formula is C34H40N8O11. The molecule has 282 valence electrons. The van der Waals surface area contributed by atoms with Gasteiger partial charge in [-0.05, 0) is 57.4 Å². The number of fused-ring (bicyclic) bond motifs is 1. The largest absolute Gasteiger partial charge is 0.480 e. The number of imide groups is 1. The van der Waals surface area contributed by atoms with Crippen molar-refractivity contribution in [2.24, 2.45) is 0 Å². The van der Waals surface area contributed by atoms with Crippen molar-refractivity contribution >= 4 is 58.2 Å². The van der Waals surface area contributed by atoms with Crippen molar-refractivity contribution in [2.75, 3.05) is 31.0 Å². The molecule has 0 aliphatic carbocycles. The molecule has 3 amide bonds. The van der Waals surface area contributed by atoms with Crippen LogP contribution in [0, 0.1) is 0 Å². The number of carboxylic acid groups (broad SMARTS) is 1. The third kappa shape index (κ3) is 12.3. The number of nitrogens with zero attached hydrogens (tertiary/aromatic N) is 4. The molecular weight excluding hydrogens is 696 g/mol. The second kappa shape index (κ2) is 18.4. The number of Topliss-reactive ketones (excluding diaryl/α,β-unsaturated/α-hetero) is 1. The number of ketones is 1. The molecule has 19 heteroatoms. The number of amides is 3. The Morgan fingerprint density at radius 3 is 2.28 bits per heavy atom. The highest BCUT2D eigenvalue weighted by Gasteiger charge is 2.25. The number of benzene rings is 1. The average Bonchev–Trinajstić information content (AvgIpc) is 3.44. The van der Waals surface area contributed by atoms with Crippen LogP contribution in [0.25, 0.3) is 11.2 Å². The van der Waals surface area contributed by atoms with Crippen LogP contribution in [0.2, 0.25) is 0 Å². The number of anilines is 2. The Hall–Kier alpha value is -6.08. The van der Waals surface area contributed by atoms with E-state index in [1.54, 1.807) is 26.0 Å². The quantitative estimate of drug-likeness (QED) is 0.0445. The number of H-pyrrole nitrogens is 1. The standard InChI is InChI=1S/C34H40N8O11/c1-34(2,53-16-4-6-27(46)51-19-42-25(44)13-14-26(42)45)52-15-3-5-23(43)11-12-24(32(49)50)39-30(47)20-7-9-21(10-8-20)36-17-22-18-37-29-28(38-22)31(48)41-33(35)40-29/h7-10,13-14,18,24,36H,3-6,11-12,15-17,19H2,1-2H3,(H,39,47)(H,49,50)(H3,35,37,40,41,48)/t24-/m0/s1. The van der Waals surface area contributed by atoms with Gasteiger partial charge in [-0.1, -0.05) is 0 Å². The van der Waals surface area contributed by atoms with Gasteiger partial charge in [0, 0.05) is 42.7 Å². The number of aromatic nitrogens is 4. The van der Waals surface area contributed by atoms with Gasteiger partial charge in [-0.2, -0.15) is 4.98 Å². The number of carbonyl (C=O) groups excluding carboxylic acids is 5. The predicted molar refractivity (Wildman–Crippen MR) is 186 cm³/mol. The first-order chi connectivity index (χ1) is 25.2. The summed E-state index contributed by atoms with van der Waals surface area (Å²) in [5.74, 6) is -4.86. The van der Waals surface area contributed by atoms with E-state index in [1.807, 2.05) is 0 Å². The molecule has 0 saturated heterocycles. The first-order valence-electron chi connectivity index (χ1n) is 16.6. The summed E-state index contributed by atoms with van der Waals surface area (Å²) < 4.78 is 16.3. The fourth-order valence-corrected chi connectivity index (χ4v) is 4.85. The monoisotopic (exact) mass is 736 g/mol. The Kier molecular flexibility index (Phi) is 13.8. The molecule has 0 fully saturated rings. The van der Waals surface area contributed by atoms with Crippen LogP contribution >= 0.6 is 0 Å². The molecule has 1 aromatic carbocycles. The van der Waals surface area contributed by atoms with Crippen molar-refractivity contribution in [3.8, 4) is 0 Å². The van der Waals surface area contributed by atoms with Crippen molar-refractivity contribution in [3.05, 3.63) is 64.2 Å². The van der Waals surface area contributed by atoms with Gasteiger partial charge < -0.3 is 35.7 Å². The van der Waals surface area contributed by atoms with Crippen LogP contribution in [-0.2, 0) is 44.7 Å². The van der Waals surface area contributed by atoms with E-state index >= 15 is 0 Å². The van der Waals surface area contributed by atoms with Gasteiger partial charge in [0.25, 0.3) is 23.3 Å². The Labute approximate surface area is 302 Å². The molecule has 0 bridgehead atoms. The number of nitrogen functional groups attached to an aromatic ring is 1. The molecule has 53 heavy (non-hydrogen) atoms. The van der Waals surface area contributed by atoms with Gasteiger partial charge in [0.2, 0.25) is 5.95 Å². The summed E-state index contributed by atoms with van der Waals surface area (Å²) >= 11 is 0. The van der Waals surface area contributed by atoms with E-state index in [2.05, 4.69) is 30.6 Å². The number of aliphatic carboxylic acids is 1. The van der Waals surface area contributed by atoms with Crippen molar-refractivity contribution in [1.82, 2.24) is 30.2 Å². The van der Waals surface area contributed by atoms with Crippen LogP contribution in [0.5, 0.6) is 0 Å². The number of carbonyl (C=O) groups is 6. The normalized spacial score (nSPS) is 13.3. The molecule has 3 heterocycles. The van der Waals surface area contributed by atoms with Gasteiger partial charge in [-0.15, -0.1) is 0 Å². The Balaban J connectivity index is 1.10. The fourth-order valence-electron chi connectivity index (χ4n) is 4.85. The molecule has 1 aliphatic rings. The van der Waals surface area contributed by atoms with Crippen molar-refractivity contribution in [2.45, 2.75) is 70.7 Å². The molecule has 2 aromatic heterocycles. The van der Waals surface area contributed by atoms with E-state index < -0.39 is 53.8 Å². The summed E-state index contributed by atoms with van der Waals surface area (Å²) in [7, 11) is 0. The third-order valence-electron chi connectivity index (χ3n) is 7.70. The zero-order valence-electron chi connectivity index (χ0n) is 29.1. The van der Waals surface area contributed by atoms with Gasteiger partial charge in [-0.3, -0.25) is 33.8 Å². The number of hydrogen-bond donors (Lipinski definition) is 5. The number of ether oxygens (including phenoxy) is 3. The van der Waals surface area contributed by atoms with Crippen LogP contribution in [-0.4, -0.2) is 97.2 Å². The summed E-state index contributed by atoms with van der Waals surface area (Å²) in [6.07, 6.45) is 4.25. The topological polar surface area (TPSA) is 275 Å². The lowest BCUT2D eigenvalue weighted by atomic mass is 10.1. The van der Waals surface area contributed by atoms with Gasteiger partial charge in [0.15, 0.2) is 23.7 Å². The molecule has 3 aromatic rings. The zero-order valence-corrected chi connectivity index (χ0v) is 29.1. The number of nitrogens with one attached hydrogen (secondary N) is 3. The number of esters is 1. The highest BCUT2D eigenvalue weighted by atomic mass is 16.7. The van der Waals surface area contributed by atoms with E-state index in [0.29, 0.717) is 24.2 Å². The molecule has 0 unspecified atom stereocenters. The minimum Gasteiger partial charge on any atom is -0.480 e. The molecule has 19 nitrogen and oxygen atoms in total. The number of carboxylic acids is 1. The highest BCUT2D eigenvalue weighted by Crippen LogP contribution is 2.15. The van der Waals surface area contributed by atoms with E-state index in [-0.39, 0.29) is 73.9 Å². The van der Waals surface area contributed by atoms with Crippen molar-refractivity contribution in [3.63, 3.8) is 0 Å². The summed E-state index contributed by atoms with van der Waals surface area (Å²) in [6.45, 7) is 3.45. The van der Waals surface area contributed by atoms with Gasteiger partial charge >= 0.3 is 11.9 Å². The Morgan fingerprint density at radius 1 is 0.962 bits per heavy atom. The van der Waals surface area contributed by atoms with Crippen molar-refractivity contribution in [1.29, 1.82) is 0 Å². The lowest BCUT2D eigenvalue weighted by molar-refractivity contribution is -0.214. The third-order valence-corrected chi connectivity index (χ3v) is 7.70. The molecule has 0 spiro atoms. The molecule has 1 atom stereocenters. The maximum absolute atomic E-state index is 12.8. The van der Waals surface area contributed by atoms with Crippen LogP contribution < -0.4 is 21.9 Å². The van der Waals surface area contributed by atoms with Crippen LogP contribution in [0.1, 0.15) is 68.4 Å². The molecule has 1 aliphatic heterocycles. The van der Waals surface area contributed by atoms with Gasteiger partial charge in [0.05, 0.1) is 31.6 Å². The van der Waals surface area contributed by atoms with Gasteiger partial charge in [0.1, 0.15) is 11.8 Å². The summed E-state index contributed by atoms with van der Waals surface area (Å²) in [6, 6.07) is 4.97. The SMILES string of the molecule is CC(C)(OCCCC(=O)CC[C@H](NC(=O)c1ccc(NCc2cnc3nc(N)[nH]c(=O)c3n2)cc1)C(=O)O)OCCCC(=O)OCN1C(=O)C=CC1=O. The first kappa shape index (κ1) is 39.7. The van der Waals surface area contributed by atoms with Crippen molar-refractivity contribution < 1.29 is 48.1 Å². The number of nitrogens with two attached hydrogens (primary N) is 1. The van der Waals surface area contributed by atoms with E-state index in [0.717, 1.165) is 17.1 Å². The lowest BCUT2D eigenvalue weighted by Crippen LogP contribution is -2.41.